The van der Waals surface area contributed by atoms with Gasteiger partial charge in [-0.15, -0.1) is 10.2 Å². The number of benzene rings is 1. The summed E-state index contributed by atoms with van der Waals surface area (Å²) in [6.07, 6.45) is 1.56. The van der Waals surface area contributed by atoms with E-state index < -0.39 is 5.82 Å². The average Bonchev–Trinajstić information content (AvgIpc) is 3.04. The van der Waals surface area contributed by atoms with Crippen molar-refractivity contribution in [2.75, 3.05) is 13.1 Å². The zero-order valence-corrected chi connectivity index (χ0v) is 13.3. The smallest absolute Gasteiger partial charge is 0.253 e. The maximum atomic E-state index is 13.2. The number of rotatable bonds is 3. The van der Waals surface area contributed by atoms with Crippen LogP contribution in [0.1, 0.15) is 60.7 Å². The van der Waals surface area contributed by atoms with Crippen LogP contribution in [0.2, 0.25) is 0 Å². The first kappa shape index (κ1) is 15.6. The van der Waals surface area contributed by atoms with Crippen molar-refractivity contribution in [3.05, 3.63) is 47.4 Å². The molecule has 3 rings (SSSR count). The van der Waals surface area contributed by atoms with Gasteiger partial charge in [-0.25, -0.2) is 4.39 Å². The van der Waals surface area contributed by atoms with E-state index in [4.69, 9.17) is 4.42 Å². The minimum atomic E-state index is -0.391. The lowest BCUT2D eigenvalue weighted by molar-refractivity contribution is 0.0705. The molecule has 122 valence electrons. The average molecular weight is 317 g/mol. The molecular formula is C17H20FN3O2. The van der Waals surface area contributed by atoms with Crippen LogP contribution in [-0.4, -0.2) is 34.1 Å². The second kappa shape index (κ2) is 6.48. The van der Waals surface area contributed by atoms with Crippen molar-refractivity contribution in [1.29, 1.82) is 0 Å². The standard InChI is InChI=1S/C17H20FN3O2/c1-11(2)15-19-20-16(23-15)12-6-8-21(9-7-12)17(22)13-4-3-5-14(18)10-13/h3-5,10-12H,6-9H2,1-2H3. The summed E-state index contributed by atoms with van der Waals surface area (Å²) in [4.78, 5) is 14.2. The Morgan fingerprint density at radius 2 is 2.04 bits per heavy atom. The minimum Gasteiger partial charge on any atom is -0.425 e. The molecule has 0 atom stereocenters. The summed E-state index contributed by atoms with van der Waals surface area (Å²) >= 11 is 0. The highest BCUT2D eigenvalue weighted by atomic mass is 19.1. The molecule has 6 heteroatoms. The zero-order valence-electron chi connectivity index (χ0n) is 13.3. The molecule has 1 aromatic heterocycles. The second-order valence-electron chi connectivity index (χ2n) is 6.21. The minimum absolute atomic E-state index is 0.128. The summed E-state index contributed by atoms with van der Waals surface area (Å²) in [6.45, 7) is 5.24. The number of carbonyl (C=O) groups excluding carboxylic acids is 1. The molecule has 1 fully saturated rings. The van der Waals surface area contributed by atoms with Crippen molar-refractivity contribution in [1.82, 2.24) is 15.1 Å². The van der Waals surface area contributed by atoms with Gasteiger partial charge in [0.05, 0.1) is 0 Å². The van der Waals surface area contributed by atoms with Crippen molar-refractivity contribution < 1.29 is 13.6 Å². The highest BCUT2D eigenvalue weighted by molar-refractivity contribution is 5.94. The van der Waals surface area contributed by atoms with Crippen LogP contribution < -0.4 is 0 Å². The van der Waals surface area contributed by atoms with Crippen LogP contribution in [0, 0.1) is 5.82 Å². The molecule has 23 heavy (non-hydrogen) atoms. The molecule has 0 saturated carbocycles. The van der Waals surface area contributed by atoms with E-state index in [1.165, 1.54) is 12.1 Å². The summed E-state index contributed by atoms with van der Waals surface area (Å²) < 4.78 is 19.0. The molecule has 1 amide bonds. The third-order valence-corrected chi connectivity index (χ3v) is 4.15. The number of hydrogen-bond acceptors (Lipinski definition) is 4. The SMILES string of the molecule is CC(C)c1nnc(C2CCN(C(=O)c3cccc(F)c3)CC2)o1. The van der Waals surface area contributed by atoms with Crippen LogP contribution in [0.25, 0.3) is 0 Å². The van der Waals surface area contributed by atoms with Crippen LogP contribution in [-0.2, 0) is 0 Å². The van der Waals surface area contributed by atoms with Gasteiger partial charge in [0, 0.05) is 30.5 Å². The van der Waals surface area contributed by atoms with Crippen LogP contribution in [0.3, 0.4) is 0 Å². The highest BCUT2D eigenvalue weighted by Gasteiger charge is 2.28. The lowest BCUT2D eigenvalue weighted by atomic mass is 9.96. The van der Waals surface area contributed by atoms with Gasteiger partial charge in [0.2, 0.25) is 11.8 Å². The van der Waals surface area contributed by atoms with Gasteiger partial charge < -0.3 is 9.32 Å². The lowest BCUT2D eigenvalue weighted by Crippen LogP contribution is -2.38. The van der Waals surface area contributed by atoms with Crippen molar-refractivity contribution in [3.8, 4) is 0 Å². The van der Waals surface area contributed by atoms with Crippen molar-refractivity contribution >= 4 is 5.91 Å². The largest absolute Gasteiger partial charge is 0.425 e. The van der Waals surface area contributed by atoms with Crippen molar-refractivity contribution in [3.63, 3.8) is 0 Å². The molecule has 5 nitrogen and oxygen atoms in total. The fourth-order valence-corrected chi connectivity index (χ4v) is 2.78. The van der Waals surface area contributed by atoms with E-state index in [0.29, 0.717) is 30.4 Å². The molecule has 0 spiro atoms. The number of piperidine rings is 1. The van der Waals surface area contributed by atoms with Gasteiger partial charge >= 0.3 is 0 Å². The fourth-order valence-electron chi connectivity index (χ4n) is 2.78. The summed E-state index contributed by atoms with van der Waals surface area (Å²) in [5.74, 6) is 1.19. The molecule has 0 N–H and O–H groups in total. The number of nitrogens with zero attached hydrogens (tertiary/aromatic N) is 3. The molecule has 0 bridgehead atoms. The van der Waals surface area contributed by atoms with Gasteiger partial charge in [0.15, 0.2) is 0 Å². The van der Waals surface area contributed by atoms with E-state index >= 15 is 0 Å². The van der Waals surface area contributed by atoms with E-state index in [2.05, 4.69) is 10.2 Å². The van der Waals surface area contributed by atoms with Crippen LogP contribution in [0.5, 0.6) is 0 Å². The van der Waals surface area contributed by atoms with Gasteiger partial charge in [0.1, 0.15) is 5.82 Å². The second-order valence-corrected chi connectivity index (χ2v) is 6.21. The monoisotopic (exact) mass is 317 g/mol. The van der Waals surface area contributed by atoms with Crippen molar-refractivity contribution in [2.45, 2.75) is 38.5 Å². The third-order valence-electron chi connectivity index (χ3n) is 4.15. The zero-order chi connectivity index (χ0) is 16.4. The Morgan fingerprint density at radius 3 is 2.65 bits per heavy atom. The quantitative estimate of drug-likeness (QED) is 0.871. The molecule has 1 aromatic carbocycles. The summed E-state index contributed by atoms with van der Waals surface area (Å²) in [5.41, 5.74) is 0.392. The number of likely N-dealkylation sites (tertiary alicyclic amines) is 1. The fraction of sp³-hybridized carbons (Fsp3) is 0.471. The molecule has 0 aliphatic carbocycles. The lowest BCUT2D eigenvalue weighted by Gasteiger charge is -2.30. The van der Waals surface area contributed by atoms with E-state index in [0.717, 1.165) is 12.8 Å². The molecule has 1 aliphatic heterocycles. The first-order valence-corrected chi connectivity index (χ1v) is 7.92. The van der Waals surface area contributed by atoms with Gasteiger partial charge in [-0.3, -0.25) is 4.79 Å². The molecule has 2 heterocycles. The number of aromatic nitrogens is 2. The molecule has 1 aliphatic rings. The third kappa shape index (κ3) is 3.41. The maximum Gasteiger partial charge on any atom is 0.253 e. The van der Waals surface area contributed by atoms with Crippen molar-refractivity contribution in [2.24, 2.45) is 0 Å². The van der Waals surface area contributed by atoms with Gasteiger partial charge in [-0.1, -0.05) is 19.9 Å². The number of amides is 1. The summed E-state index contributed by atoms with van der Waals surface area (Å²) in [7, 11) is 0. The first-order chi connectivity index (χ1) is 11.0. The Kier molecular flexibility index (Phi) is 4.41. The molecule has 0 radical (unpaired) electrons. The Labute approximate surface area is 134 Å². The van der Waals surface area contributed by atoms with Crippen LogP contribution in [0.15, 0.2) is 28.7 Å². The molecule has 2 aromatic rings. The van der Waals surface area contributed by atoms with Crippen LogP contribution >= 0.6 is 0 Å². The number of carbonyl (C=O) groups is 1. The first-order valence-electron chi connectivity index (χ1n) is 7.92. The molecule has 1 saturated heterocycles. The number of halogens is 1. The Hall–Kier alpha value is -2.24. The van der Waals surface area contributed by atoms with E-state index in [1.54, 1.807) is 17.0 Å². The Balaban J connectivity index is 1.62. The topological polar surface area (TPSA) is 59.2 Å². The van der Waals surface area contributed by atoms with Gasteiger partial charge in [-0.05, 0) is 31.0 Å². The van der Waals surface area contributed by atoms with Gasteiger partial charge in [0.25, 0.3) is 5.91 Å². The highest BCUT2D eigenvalue weighted by Crippen LogP contribution is 2.29. The molecular weight excluding hydrogens is 297 g/mol. The predicted molar refractivity (Wildman–Crippen MR) is 82.7 cm³/mol. The van der Waals surface area contributed by atoms with E-state index in [1.807, 2.05) is 13.8 Å². The maximum absolute atomic E-state index is 13.2. The molecule has 0 unspecified atom stereocenters. The summed E-state index contributed by atoms with van der Waals surface area (Å²) in [6, 6.07) is 5.82. The normalized spacial score (nSPS) is 16.1. The Bertz CT molecular complexity index is 691. The number of hydrogen-bond donors (Lipinski definition) is 0. The van der Waals surface area contributed by atoms with Crippen LogP contribution in [0.4, 0.5) is 4.39 Å². The van der Waals surface area contributed by atoms with Gasteiger partial charge in [-0.2, -0.15) is 0 Å². The Morgan fingerprint density at radius 1 is 1.30 bits per heavy atom. The predicted octanol–water partition coefficient (Wildman–Crippen LogP) is 3.35. The van der Waals surface area contributed by atoms with E-state index in [-0.39, 0.29) is 17.7 Å². The summed E-state index contributed by atoms with van der Waals surface area (Å²) in [5, 5.41) is 8.19. The van der Waals surface area contributed by atoms with E-state index in [9.17, 15) is 9.18 Å².